The Morgan fingerprint density at radius 1 is 0.464 bits per heavy atom. The summed E-state index contributed by atoms with van der Waals surface area (Å²) in [4.78, 5) is 8.00. The molecule has 0 heterocycles. The molecule has 0 amide bonds. The van der Waals surface area contributed by atoms with Gasteiger partial charge < -0.3 is 4.79 Å². The first kappa shape index (κ1) is 44.9. The smallest absolute Gasteiger partial charge is 0.106 e. The molecule has 0 fully saturated rings. The van der Waals surface area contributed by atoms with E-state index in [9.17, 15) is 0 Å². The van der Waals surface area contributed by atoms with Crippen molar-refractivity contribution in [2.45, 2.75) is 98.8 Å². The minimum Gasteiger partial charge on any atom is -0.307 e. The summed E-state index contributed by atoms with van der Waals surface area (Å²) in [5.41, 5.74) is 0. The second-order valence-corrected chi connectivity index (χ2v) is 4.54. The van der Waals surface area contributed by atoms with E-state index in [0.717, 1.165) is 32.1 Å². The summed E-state index contributed by atoms with van der Waals surface area (Å²) in [5, 5.41) is 39.1. The number of nitrogens with zero attached hydrogens (tertiary/aromatic N) is 5. The predicted molar refractivity (Wildman–Crippen MR) is 110 cm³/mol. The summed E-state index contributed by atoms with van der Waals surface area (Å²) >= 11 is 0. The van der Waals surface area contributed by atoms with Gasteiger partial charge in [0, 0.05) is 53.2 Å². The number of nitriles is 5. The fraction of sp³-hybridized carbons (Fsp3) is 0.714. The zero-order valence-corrected chi connectivity index (χ0v) is 21.3. The number of unbranched alkanes of at least 4 members (excludes halogenated alkanes) is 5. The number of carbonyl (C=O) groups is 1. The molecule has 0 aromatic heterocycles. The first-order chi connectivity index (χ1) is 13.1. The predicted octanol–water partition coefficient (Wildman–Crippen LogP) is 6.36. The second kappa shape index (κ2) is 85.7. The Hall–Kier alpha value is -2.19. The number of hydrogen-bond donors (Lipinski definition) is 0. The van der Waals surface area contributed by atoms with Crippen molar-refractivity contribution in [3.63, 3.8) is 0 Å². The summed E-state index contributed by atoms with van der Waals surface area (Å²) in [6.45, 7) is 11.9. The van der Waals surface area contributed by atoms with Crippen molar-refractivity contribution in [1.82, 2.24) is 0 Å². The van der Waals surface area contributed by atoms with E-state index in [1.807, 2.05) is 71.8 Å². The molecule has 28 heavy (non-hydrogen) atoms. The maximum absolute atomic E-state index is 8.00. The van der Waals surface area contributed by atoms with Crippen LogP contribution >= 0.6 is 0 Å². The van der Waals surface area contributed by atoms with Gasteiger partial charge in [0.15, 0.2) is 0 Å². The Morgan fingerprint density at radius 3 is 0.571 bits per heavy atom. The average Bonchev–Trinajstić information content (AvgIpc) is 2.69. The molecule has 7 heteroatoms. The van der Waals surface area contributed by atoms with E-state index in [2.05, 4.69) is 0 Å². The number of hydrogen-bond acceptors (Lipinski definition) is 6. The van der Waals surface area contributed by atoms with Crippen LogP contribution in [-0.2, 0) is 25.9 Å². The fourth-order valence-corrected chi connectivity index (χ4v) is 0.559. The fourth-order valence-electron chi connectivity index (χ4n) is 0.559. The van der Waals surface area contributed by atoms with Crippen molar-refractivity contribution >= 4 is 6.79 Å². The summed E-state index contributed by atoms with van der Waals surface area (Å²) in [5.74, 6) is 0. The molecule has 0 N–H and O–H groups in total. The Kier molecular flexibility index (Phi) is 137. The zero-order chi connectivity index (χ0) is 22.6. The summed E-state index contributed by atoms with van der Waals surface area (Å²) in [6.07, 6.45) is 8.39. The number of carbonyl (C=O) groups excluding carboxylic acids is 1. The van der Waals surface area contributed by atoms with E-state index in [0.29, 0.717) is 32.1 Å². The molecular formula is C21H37N5OW. The van der Waals surface area contributed by atoms with Crippen LogP contribution in [0.15, 0.2) is 0 Å². The van der Waals surface area contributed by atoms with Gasteiger partial charge in [-0.15, -0.1) is 0 Å². The van der Waals surface area contributed by atoms with Crippen LogP contribution in [0, 0.1) is 56.7 Å². The van der Waals surface area contributed by atoms with Gasteiger partial charge in [-0.05, 0) is 32.1 Å². The molecule has 0 spiro atoms. The Morgan fingerprint density at radius 2 is 0.571 bits per heavy atom. The van der Waals surface area contributed by atoms with Crippen LogP contribution in [0.5, 0.6) is 0 Å². The van der Waals surface area contributed by atoms with Gasteiger partial charge in [0.25, 0.3) is 0 Å². The average molecular weight is 559 g/mol. The molecular weight excluding hydrogens is 522 g/mol. The molecule has 0 radical (unpaired) electrons. The van der Waals surface area contributed by atoms with Gasteiger partial charge >= 0.3 is 0 Å². The molecule has 0 aliphatic carbocycles. The third kappa shape index (κ3) is 203. The largest absolute Gasteiger partial charge is 0.307 e. The van der Waals surface area contributed by atoms with Crippen LogP contribution < -0.4 is 0 Å². The minimum atomic E-state index is 0. The molecule has 0 aliphatic heterocycles. The summed E-state index contributed by atoms with van der Waals surface area (Å²) in [7, 11) is 0. The number of rotatable bonds is 5. The molecule has 0 rings (SSSR count). The summed E-state index contributed by atoms with van der Waals surface area (Å²) in [6, 6.07) is 10.1. The third-order valence-corrected chi connectivity index (χ3v) is 1.81. The van der Waals surface area contributed by atoms with Crippen molar-refractivity contribution in [2.75, 3.05) is 0 Å². The molecule has 0 aromatic rings. The molecule has 0 saturated carbocycles. The Balaban J connectivity index is -0.0000000381. The van der Waals surface area contributed by atoms with Crippen molar-refractivity contribution in [3.05, 3.63) is 0 Å². The summed E-state index contributed by atoms with van der Waals surface area (Å²) < 4.78 is 0. The van der Waals surface area contributed by atoms with Gasteiger partial charge in [0.1, 0.15) is 6.79 Å². The minimum absolute atomic E-state index is 0. The maximum atomic E-state index is 8.00. The van der Waals surface area contributed by atoms with Gasteiger partial charge in [-0.3, -0.25) is 0 Å². The van der Waals surface area contributed by atoms with Gasteiger partial charge in [-0.25, -0.2) is 0 Å². The molecule has 0 aromatic carbocycles. The second-order valence-electron chi connectivity index (χ2n) is 4.54. The third-order valence-electron chi connectivity index (χ3n) is 1.81. The van der Waals surface area contributed by atoms with E-state index in [1.165, 1.54) is 0 Å². The quantitative estimate of drug-likeness (QED) is 0.384. The SMILES string of the molecule is C=O.CCCC#N.CCCC#N.CCCC#N.CCCC#N.CCCC#N.[W]. The van der Waals surface area contributed by atoms with Gasteiger partial charge in [-0.2, -0.15) is 26.3 Å². The van der Waals surface area contributed by atoms with Gasteiger partial charge in [-0.1, -0.05) is 34.6 Å². The Labute approximate surface area is 188 Å². The van der Waals surface area contributed by atoms with Crippen LogP contribution in [0.4, 0.5) is 0 Å². The van der Waals surface area contributed by atoms with Gasteiger partial charge in [0.2, 0.25) is 0 Å². The molecule has 0 bridgehead atoms. The molecule has 0 atom stereocenters. The van der Waals surface area contributed by atoms with Crippen LogP contribution in [0.1, 0.15) is 98.8 Å². The van der Waals surface area contributed by atoms with Crippen LogP contribution in [0.3, 0.4) is 0 Å². The zero-order valence-electron chi connectivity index (χ0n) is 18.3. The van der Waals surface area contributed by atoms with Crippen molar-refractivity contribution in [3.8, 4) is 30.3 Å². The molecule has 0 aliphatic rings. The van der Waals surface area contributed by atoms with E-state index < -0.39 is 0 Å². The van der Waals surface area contributed by atoms with Crippen molar-refractivity contribution in [2.24, 2.45) is 0 Å². The monoisotopic (exact) mass is 559 g/mol. The molecule has 0 unspecified atom stereocenters. The van der Waals surface area contributed by atoms with Gasteiger partial charge in [0.05, 0.1) is 30.3 Å². The Bertz CT molecular complexity index is 330. The van der Waals surface area contributed by atoms with Crippen molar-refractivity contribution in [1.29, 1.82) is 26.3 Å². The molecule has 6 nitrogen and oxygen atoms in total. The van der Waals surface area contributed by atoms with Crippen molar-refractivity contribution < 1.29 is 25.9 Å². The molecule has 158 valence electrons. The van der Waals surface area contributed by atoms with E-state index in [1.54, 1.807) is 0 Å². The first-order valence-electron chi connectivity index (χ1n) is 9.21. The molecule has 0 saturated heterocycles. The van der Waals surface area contributed by atoms with E-state index >= 15 is 0 Å². The van der Waals surface area contributed by atoms with E-state index in [-0.39, 0.29) is 21.1 Å². The standard InChI is InChI=1S/5C4H7N.CH2O.W/c5*1-2-3-4-5;1-2;/h5*2-3H2,1H3;1H2;. The van der Waals surface area contributed by atoms with Crippen LogP contribution in [-0.4, -0.2) is 6.79 Å². The normalized spacial score (nSPS) is 5.86. The first-order valence-corrected chi connectivity index (χ1v) is 9.21. The van der Waals surface area contributed by atoms with E-state index in [4.69, 9.17) is 31.1 Å². The van der Waals surface area contributed by atoms with Crippen LogP contribution in [0.2, 0.25) is 0 Å². The topological polar surface area (TPSA) is 136 Å². The maximum Gasteiger partial charge on any atom is 0.106 e. The van der Waals surface area contributed by atoms with Crippen LogP contribution in [0.25, 0.3) is 0 Å².